The fourth-order valence-electron chi connectivity index (χ4n) is 1.23. The van der Waals surface area contributed by atoms with Gasteiger partial charge in [0.05, 0.1) is 0 Å². The maximum atomic E-state index is 5.84. The Morgan fingerprint density at radius 2 is 2.08 bits per heavy atom. The van der Waals surface area contributed by atoms with Gasteiger partial charge < -0.3 is 5.32 Å². The fraction of sp³-hybridized carbons (Fsp3) is 0. The van der Waals surface area contributed by atoms with Gasteiger partial charge in [0, 0.05) is 21.9 Å². The van der Waals surface area contributed by atoms with Crippen molar-refractivity contribution in [3.8, 4) is 0 Å². The van der Waals surface area contributed by atoms with Crippen molar-refractivity contribution >= 4 is 35.0 Å². The van der Waals surface area contributed by atoms with Gasteiger partial charge in [-0.25, -0.2) is 0 Å². The first-order valence-electron chi connectivity index (χ1n) is 3.84. The molecule has 1 heterocycles. The number of rotatable bonds is 0. The normalized spacial score (nSPS) is 16.9. The van der Waals surface area contributed by atoms with Crippen LogP contribution in [0.25, 0.3) is 6.08 Å². The molecule has 66 valence electrons. The number of allylic oxidation sites excluding steroid dienone is 1. The van der Waals surface area contributed by atoms with Gasteiger partial charge in [-0.05, 0) is 29.8 Å². The van der Waals surface area contributed by atoms with Gasteiger partial charge >= 0.3 is 0 Å². The molecule has 0 aromatic heterocycles. The van der Waals surface area contributed by atoms with Crippen molar-refractivity contribution in [2.24, 2.45) is 0 Å². The molecule has 0 aliphatic carbocycles. The molecular formula is C10H7Cl2N. The number of hydrogen-bond acceptors (Lipinski definition) is 1. The summed E-state index contributed by atoms with van der Waals surface area (Å²) < 4.78 is 0. The van der Waals surface area contributed by atoms with E-state index in [4.69, 9.17) is 23.2 Å². The van der Waals surface area contributed by atoms with Crippen LogP contribution in [0.1, 0.15) is 5.56 Å². The van der Waals surface area contributed by atoms with Crippen molar-refractivity contribution in [3.63, 3.8) is 0 Å². The molecule has 0 bridgehead atoms. The summed E-state index contributed by atoms with van der Waals surface area (Å²) in [5.41, 5.74) is 4.50. The van der Waals surface area contributed by atoms with Crippen LogP contribution in [-0.4, -0.2) is 0 Å². The fourth-order valence-corrected chi connectivity index (χ4v) is 1.53. The minimum Gasteiger partial charge on any atom is -0.354 e. The molecule has 0 atom stereocenters. The Balaban J connectivity index is 2.47. The van der Waals surface area contributed by atoms with Gasteiger partial charge in [-0.2, -0.15) is 0 Å². The predicted octanol–water partition coefficient (Wildman–Crippen LogP) is 3.86. The van der Waals surface area contributed by atoms with E-state index < -0.39 is 0 Å². The van der Waals surface area contributed by atoms with Gasteiger partial charge in [0.1, 0.15) is 0 Å². The Labute approximate surface area is 86.7 Å². The highest BCUT2D eigenvalue weighted by Gasteiger charge is 2.05. The lowest BCUT2D eigenvalue weighted by molar-refractivity contribution is 1.45. The quantitative estimate of drug-likeness (QED) is 0.688. The number of benzene rings is 1. The molecule has 0 saturated carbocycles. The largest absolute Gasteiger partial charge is 0.354 e. The first kappa shape index (κ1) is 8.67. The van der Waals surface area contributed by atoms with Crippen LogP contribution in [0.5, 0.6) is 0 Å². The average Bonchev–Trinajstić information content (AvgIpc) is 2.17. The number of halogens is 2. The van der Waals surface area contributed by atoms with Crippen LogP contribution in [0.4, 0.5) is 5.69 Å². The zero-order chi connectivity index (χ0) is 9.26. The molecule has 1 aliphatic rings. The smallest absolute Gasteiger partial charge is 0.0499 e. The molecule has 0 fully saturated rings. The molecule has 3 heteroatoms. The molecule has 1 aliphatic heterocycles. The van der Waals surface area contributed by atoms with E-state index in [1.807, 2.05) is 30.4 Å². The van der Waals surface area contributed by atoms with Crippen molar-refractivity contribution in [1.82, 2.24) is 0 Å². The van der Waals surface area contributed by atoms with Gasteiger partial charge in [0.25, 0.3) is 0 Å². The maximum absolute atomic E-state index is 5.84. The van der Waals surface area contributed by atoms with E-state index >= 15 is 0 Å². The van der Waals surface area contributed by atoms with E-state index in [0.717, 1.165) is 22.0 Å². The third-order valence-corrected chi connectivity index (χ3v) is 2.32. The minimum absolute atomic E-state index is 0.739. The Kier molecular flexibility index (Phi) is 2.30. The van der Waals surface area contributed by atoms with Crippen LogP contribution in [0.15, 0.2) is 35.5 Å². The lowest BCUT2D eigenvalue weighted by Gasteiger charge is -2.14. The van der Waals surface area contributed by atoms with Crippen molar-refractivity contribution < 1.29 is 0 Å². The van der Waals surface area contributed by atoms with Crippen molar-refractivity contribution in [2.45, 2.75) is 0 Å². The number of nitrogens with one attached hydrogen (secondary N) is 1. The second-order valence-electron chi connectivity index (χ2n) is 2.75. The third-order valence-electron chi connectivity index (χ3n) is 1.85. The molecule has 13 heavy (non-hydrogen) atoms. The standard InChI is InChI=1S/C10H7Cl2N/c11-6-9-3-1-7-5-8(12)2-4-10(7)13-9/h1-6,13H/b9-6+. The molecule has 0 amide bonds. The zero-order valence-corrected chi connectivity index (χ0v) is 8.23. The van der Waals surface area contributed by atoms with Crippen molar-refractivity contribution in [1.29, 1.82) is 0 Å². The van der Waals surface area contributed by atoms with Gasteiger partial charge in [0.2, 0.25) is 0 Å². The number of fused-ring (bicyclic) bond motifs is 1. The first-order chi connectivity index (χ1) is 6.29. The van der Waals surface area contributed by atoms with Gasteiger partial charge in [-0.1, -0.05) is 29.3 Å². The lowest BCUT2D eigenvalue weighted by atomic mass is 10.1. The predicted molar refractivity (Wildman–Crippen MR) is 58.0 cm³/mol. The molecule has 0 spiro atoms. The van der Waals surface area contributed by atoms with Crippen LogP contribution >= 0.6 is 23.2 Å². The van der Waals surface area contributed by atoms with E-state index in [1.54, 1.807) is 0 Å². The molecule has 0 radical (unpaired) electrons. The second-order valence-corrected chi connectivity index (χ2v) is 3.41. The highest BCUT2D eigenvalue weighted by molar-refractivity contribution is 6.30. The van der Waals surface area contributed by atoms with E-state index in [2.05, 4.69) is 5.32 Å². The molecule has 0 unspecified atom stereocenters. The Morgan fingerprint density at radius 1 is 1.23 bits per heavy atom. The van der Waals surface area contributed by atoms with Gasteiger partial charge in [-0.3, -0.25) is 0 Å². The molecule has 1 nitrogen and oxygen atoms in total. The van der Waals surface area contributed by atoms with Crippen molar-refractivity contribution in [3.05, 3.63) is 46.1 Å². The number of hydrogen-bond donors (Lipinski definition) is 1. The topological polar surface area (TPSA) is 12.0 Å². The van der Waals surface area contributed by atoms with E-state index in [-0.39, 0.29) is 0 Å². The molecule has 2 rings (SSSR count). The van der Waals surface area contributed by atoms with Crippen molar-refractivity contribution in [2.75, 3.05) is 5.32 Å². The Hall–Kier alpha value is -0.920. The van der Waals surface area contributed by atoms with Crippen LogP contribution in [0.2, 0.25) is 5.02 Å². The van der Waals surface area contributed by atoms with Gasteiger partial charge in [0.15, 0.2) is 0 Å². The molecule has 1 aromatic carbocycles. The van der Waals surface area contributed by atoms with E-state index in [9.17, 15) is 0 Å². The average molecular weight is 212 g/mol. The zero-order valence-electron chi connectivity index (χ0n) is 6.72. The monoisotopic (exact) mass is 211 g/mol. The number of anilines is 1. The van der Waals surface area contributed by atoms with E-state index in [1.165, 1.54) is 5.54 Å². The summed E-state index contributed by atoms with van der Waals surface area (Å²) in [6.07, 6.45) is 3.89. The molecule has 1 aromatic rings. The summed E-state index contributed by atoms with van der Waals surface area (Å²) in [6.45, 7) is 0. The second kappa shape index (κ2) is 3.44. The third kappa shape index (κ3) is 1.71. The van der Waals surface area contributed by atoms with E-state index in [0.29, 0.717) is 0 Å². The summed E-state index contributed by atoms with van der Waals surface area (Å²) in [5, 5.41) is 3.90. The molecule has 0 saturated heterocycles. The van der Waals surface area contributed by atoms with Crippen LogP contribution in [-0.2, 0) is 0 Å². The summed E-state index contributed by atoms with van der Waals surface area (Å²) in [4.78, 5) is 0. The maximum Gasteiger partial charge on any atom is 0.0499 e. The molecule has 1 N–H and O–H groups in total. The summed E-state index contributed by atoms with van der Waals surface area (Å²) in [5.74, 6) is 0. The van der Waals surface area contributed by atoms with Gasteiger partial charge in [-0.15, -0.1) is 0 Å². The highest BCUT2D eigenvalue weighted by atomic mass is 35.5. The first-order valence-corrected chi connectivity index (χ1v) is 4.66. The lowest BCUT2D eigenvalue weighted by Crippen LogP contribution is -2.01. The summed E-state index contributed by atoms with van der Waals surface area (Å²) in [6, 6.07) is 5.69. The highest BCUT2D eigenvalue weighted by Crippen LogP contribution is 2.27. The van der Waals surface area contributed by atoms with Crippen LogP contribution < -0.4 is 5.32 Å². The SMILES string of the molecule is Cl/C=C1\C=Cc2cc(Cl)ccc2N1. The Bertz CT molecular complexity index is 394. The summed E-state index contributed by atoms with van der Waals surface area (Å²) in [7, 11) is 0. The van der Waals surface area contributed by atoms with Crippen LogP contribution in [0, 0.1) is 0 Å². The minimum atomic E-state index is 0.739. The molecular weight excluding hydrogens is 205 g/mol. The Morgan fingerprint density at radius 3 is 2.85 bits per heavy atom. The summed E-state index contributed by atoms with van der Waals surface area (Å²) >= 11 is 11.4. The van der Waals surface area contributed by atoms with Crippen LogP contribution in [0.3, 0.4) is 0 Å².